The number of rotatable bonds is 7. The summed E-state index contributed by atoms with van der Waals surface area (Å²) in [7, 11) is 1.54. The Kier molecular flexibility index (Phi) is 5.44. The predicted molar refractivity (Wildman–Crippen MR) is 116 cm³/mol. The zero-order chi connectivity index (χ0) is 23.0. The van der Waals surface area contributed by atoms with Gasteiger partial charge in [-0.05, 0) is 54.8 Å². The van der Waals surface area contributed by atoms with Crippen LogP contribution in [0.5, 0.6) is 5.75 Å². The molecule has 2 aromatic heterocycles. The van der Waals surface area contributed by atoms with Gasteiger partial charge in [0.15, 0.2) is 0 Å². The third kappa shape index (κ3) is 3.82. The van der Waals surface area contributed by atoms with Crippen LogP contribution in [0.2, 0.25) is 0 Å². The first-order valence-corrected chi connectivity index (χ1v) is 9.88. The average Bonchev–Trinajstić information content (AvgIpc) is 3.11. The third-order valence-electron chi connectivity index (χ3n) is 5.34. The van der Waals surface area contributed by atoms with Crippen LogP contribution in [0.3, 0.4) is 0 Å². The number of aryl methyl sites for hydroxylation is 2. The molecule has 0 atom stereocenters. The number of aliphatic carboxylic acids is 2. The average molecular weight is 436 g/mol. The largest absolute Gasteiger partial charge is 0.497 e. The summed E-state index contributed by atoms with van der Waals surface area (Å²) in [5, 5.41) is 19.7. The standard InChI is InChI=1S/C24H20O8/c1-12-9-20(29)31-24-16(12)10-14(5-8-18(25)26)23-21(24)17(11-19(27)28)22(32-23)13-3-6-15(30-2)7-4-13/h3-4,6-7,9-10H,5,8,11H2,1-2H3,(H,25,26)(H,27,28). The number of hydrogen-bond donors (Lipinski definition) is 2. The number of fused-ring (bicyclic) bond motifs is 3. The molecule has 0 aliphatic heterocycles. The van der Waals surface area contributed by atoms with Gasteiger partial charge < -0.3 is 23.8 Å². The molecule has 2 heterocycles. The maximum atomic E-state index is 12.1. The van der Waals surface area contributed by atoms with Crippen LogP contribution in [0.4, 0.5) is 0 Å². The topological polar surface area (TPSA) is 127 Å². The van der Waals surface area contributed by atoms with Gasteiger partial charge in [0.1, 0.15) is 22.7 Å². The lowest BCUT2D eigenvalue weighted by atomic mass is 9.96. The number of furan rings is 1. The van der Waals surface area contributed by atoms with Crippen LogP contribution in [0.25, 0.3) is 33.3 Å². The van der Waals surface area contributed by atoms with E-state index in [1.807, 2.05) is 0 Å². The first-order valence-electron chi connectivity index (χ1n) is 9.88. The van der Waals surface area contributed by atoms with E-state index < -0.39 is 17.6 Å². The zero-order valence-electron chi connectivity index (χ0n) is 17.4. The number of carboxylic acid groups (broad SMARTS) is 2. The van der Waals surface area contributed by atoms with E-state index >= 15 is 0 Å². The minimum absolute atomic E-state index is 0.136. The highest BCUT2D eigenvalue weighted by molar-refractivity contribution is 6.09. The van der Waals surface area contributed by atoms with Gasteiger partial charge in [0, 0.05) is 29.0 Å². The molecular formula is C24H20O8. The van der Waals surface area contributed by atoms with Crippen molar-refractivity contribution in [2.24, 2.45) is 0 Å². The first-order chi connectivity index (χ1) is 15.3. The number of hydrogen-bond acceptors (Lipinski definition) is 6. The molecular weight excluding hydrogens is 416 g/mol. The Balaban J connectivity index is 2.11. The Morgan fingerprint density at radius 3 is 2.34 bits per heavy atom. The van der Waals surface area contributed by atoms with E-state index in [4.69, 9.17) is 13.6 Å². The Hall–Kier alpha value is -4.07. The maximum Gasteiger partial charge on any atom is 0.336 e. The summed E-state index contributed by atoms with van der Waals surface area (Å²) in [6.07, 6.45) is -0.338. The van der Waals surface area contributed by atoms with Crippen molar-refractivity contribution < 1.29 is 33.4 Å². The van der Waals surface area contributed by atoms with Gasteiger partial charge >= 0.3 is 17.6 Å². The van der Waals surface area contributed by atoms with Gasteiger partial charge in [0.2, 0.25) is 0 Å². The van der Waals surface area contributed by atoms with Crippen molar-refractivity contribution in [1.82, 2.24) is 0 Å². The Morgan fingerprint density at radius 2 is 1.72 bits per heavy atom. The van der Waals surface area contributed by atoms with E-state index in [0.29, 0.717) is 50.1 Å². The molecule has 0 saturated carbocycles. The van der Waals surface area contributed by atoms with Crippen molar-refractivity contribution in [2.75, 3.05) is 7.11 Å². The van der Waals surface area contributed by atoms with E-state index in [1.165, 1.54) is 13.2 Å². The molecule has 2 aromatic carbocycles. The van der Waals surface area contributed by atoms with Crippen molar-refractivity contribution in [3.05, 3.63) is 63.5 Å². The molecule has 0 unspecified atom stereocenters. The van der Waals surface area contributed by atoms with E-state index in [2.05, 4.69) is 0 Å². The summed E-state index contributed by atoms with van der Waals surface area (Å²) in [6.45, 7) is 1.74. The maximum absolute atomic E-state index is 12.1. The van der Waals surface area contributed by atoms with Crippen molar-refractivity contribution >= 4 is 33.9 Å². The van der Waals surface area contributed by atoms with Crippen molar-refractivity contribution in [3.63, 3.8) is 0 Å². The molecule has 0 bridgehead atoms. The van der Waals surface area contributed by atoms with Gasteiger partial charge in [-0.2, -0.15) is 0 Å². The van der Waals surface area contributed by atoms with Crippen molar-refractivity contribution in [3.8, 4) is 17.1 Å². The second-order valence-electron chi connectivity index (χ2n) is 7.47. The number of methoxy groups -OCH3 is 1. The van der Waals surface area contributed by atoms with E-state index in [0.717, 1.165) is 0 Å². The molecule has 0 aliphatic carbocycles. The zero-order valence-corrected chi connectivity index (χ0v) is 17.4. The lowest BCUT2D eigenvalue weighted by molar-refractivity contribution is -0.137. The van der Waals surface area contributed by atoms with Gasteiger partial charge in [-0.1, -0.05) is 0 Å². The molecule has 32 heavy (non-hydrogen) atoms. The van der Waals surface area contributed by atoms with Crippen molar-refractivity contribution in [2.45, 2.75) is 26.2 Å². The highest BCUT2D eigenvalue weighted by atomic mass is 16.5. The summed E-state index contributed by atoms with van der Waals surface area (Å²) < 4.78 is 16.8. The van der Waals surface area contributed by atoms with Crippen LogP contribution in [0.1, 0.15) is 23.1 Å². The second-order valence-corrected chi connectivity index (χ2v) is 7.47. The van der Waals surface area contributed by atoms with Crippen LogP contribution in [0, 0.1) is 6.92 Å². The lowest BCUT2D eigenvalue weighted by Gasteiger charge is -2.07. The molecule has 4 aromatic rings. The van der Waals surface area contributed by atoms with Crippen molar-refractivity contribution in [1.29, 1.82) is 0 Å². The fourth-order valence-electron chi connectivity index (χ4n) is 3.88. The second kappa shape index (κ2) is 8.22. The molecule has 0 radical (unpaired) electrons. The van der Waals surface area contributed by atoms with Crippen LogP contribution in [-0.4, -0.2) is 29.3 Å². The highest BCUT2D eigenvalue weighted by Crippen LogP contribution is 2.41. The number of benzene rings is 2. The number of ether oxygens (including phenoxy) is 1. The summed E-state index contributed by atoms with van der Waals surface area (Å²) >= 11 is 0. The molecule has 164 valence electrons. The SMILES string of the molecule is COc1ccc(-c2oc3c(CCC(=O)O)cc4c(C)cc(=O)oc4c3c2CC(=O)O)cc1. The Labute approximate surface area is 181 Å². The van der Waals surface area contributed by atoms with Crippen LogP contribution < -0.4 is 10.4 Å². The summed E-state index contributed by atoms with van der Waals surface area (Å²) in [5.41, 5.74) is 2.18. The quantitative estimate of drug-likeness (QED) is 0.413. The fourth-order valence-corrected chi connectivity index (χ4v) is 3.88. The fraction of sp³-hybridized carbons (Fsp3) is 0.208. The predicted octanol–water partition coefficient (Wildman–Crippen LogP) is 4.17. The third-order valence-corrected chi connectivity index (χ3v) is 5.34. The summed E-state index contributed by atoms with van der Waals surface area (Å²) in [6, 6.07) is 10.0. The molecule has 0 spiro atoms. The van der Waals surface area contributed by atoms with Crippen LogP contribution in [0.15, 0.2) is 50.0 Å². The molecule has 4 rings (SSSR count). The van der Waals surface area contributed by atoms with E-state index in [-0.39, 0.29) is 24.8 Å². The molecule has 0 fully saturated rings. The summed E-state index contributed by atoms with van der Waals surface area (Å²) in [4.78, 5) is 35.1. The van der Waals surface area contributed by atoms with Gasteiger partial charge in [-0.3, -0.25) is 9.59 Å². The number of carbonyl (C=O) groups is 2. The van der Waals surface area contributed by atoms with Crippen LogP contribution >= 0.6 is 0 Å². The summed E-state index contributed by atoms with van der Waals surface area (Å²) in [5.74, 6) is -1.11. The molecule has 8 nitrogen and oxygen atoms in total. The lowest BCUT2D eigenvalue weighted by Crippen LogP contribution is -2.03. The molecule has 0 aliphatic rings. The van der Waals surface area contributed by atoms with Crippen LogP contribution in [-0.2, 0) is 22.4 Å². The molecule has 0 amide bonds. The minimum atomic E-state index is -1.08. The van der Waals surface area contributed by atoms with Gasteiger partial charge in [-0.25, -0.2) is 4.79 Å². The molecule has 8 heteroatoms. The monoisotopic (exact) mass is 436 g/mol. The first kappa shape index (κ1) is 21.2. The van der Waals surface area contributed by atoms with Gasteiger partial charge in [0.25, 0.3) is 0 Å². The van der Waals surface area contributed by atoms with E-state index in [1.54, 1.807) is 37.3 Å². The van der Waals surface area contributed by atoms with Gasteiger partial charge in [0.05, 0.1) is 18.9 Å². The normalized spacial score (nSPS) is 11.2. The highest BCUT2D eigenvalue weighted by Gasteiger charge is 2.25. The smallest absolute Gasteiger partial charge is 0.336 e. The Morgan fingerprint density at radius 1 is 1.00 bits per heavy atom. The van der Waals surface area contributed by atoms with Gasteiger partial charge in [-0.15, -0.1) is 0 Å². The number of carboxylic acids is 2. The Bertz CT molecular complexity index is 1410. The molecule has 0 saturated heterocycles. The van der Waals surface area contributed by atoms with E-state index in [9.17, 15) is 24.6 Å². The molecule has 2 N–H and O–H groups in total. The minimum Gasteiger partial charge on any atom is -0.497 e.